The van der Waals surface area contributed by atoms with Gasteiger partial charge in [-0.15, -0.1) is 0 Å². The Kier molecular flexibility index (Phi) is 21.5. The number of rotatable bonds is 6. The first kappa shape index (κ1) is 48.7. The van der Waals surface area contributed by atoms with Crippen LogP contribution in [0.15, 0.2) is 0 Å². The molecule has 0 aliphatic rings. The minimum atomic E-state index is -5.85. The zero-order valence-corrected chi connectivity index (χ0v) is 28.5. The second-order valence-corrected chi connectivity index (χ2v) is 22.7. The number of halogens is 6. The molecule has 0 radical (unpaired) electrons. The molecular weight excluding hydrogens is 914 g/mol. The molecule has 0 fully saturated rings. The van der Waals surface area contributed by atoms with Crippen molar-refractivity contribution in [3.63, 3.8) is 0 Å². The van der Waals surface area contributed by atoms with Crippen LogP contribution in [-0.2, 0) is 69.5 Å². The predicted octanol–water partition coefficient (Wildman–Crippen LogP) is -6.30. The minimum absolute atomic E-state index is 0. The van der Waals surface area contributed by atoms with E-state index in [0.29, 0.717) is 0 Å². The van der Waals surface area contributed by atoms with E-state index in [1.165, 1.54) is 0 Å². The molecular formula is C3Cl6Mo2O18P6-12. The van der Waals surface area contributed by atoms with Crippen LogP contribution in [-0.4, -0.2) is 11.4 Å². The first-order valence-electron chi connectivity index (χ1n) is 5.76. The summed E-state index contributed by atoms with van der Waals surface area (Å²) in [5, 5.41) is 0. The number of hydrogen-bond donors (Lipinski definition) is 0. The molecule has 0 aromatic carbocycles. The van der Waals surface area contributed by atoms with Crippen molar-refractivity contribution in [3.8, 4) is 0 Å². The molecule has 216 valence electrons. The van der Waals surface area contributed by atoms with E-state index in [1.807, 2.05) is 0 Å². The molecule has 0 aliphatic heterocycles. The van der Waals surface area contributed by atoms with E-state index in [1.54, 1.807) is 0 Å². The van der Waals surface area contributed by atoms with Crippen molar-refractivity contribution in [2.45, 2.75) is 11.4 Å². The summed E-state index contributed by atoms with van der Waals surface area (Å²) < 4.78 is 48.2. The van der Waals surface area contributed by atoms with E-state index >= 15 is 0 Å². The Morgan fingerprint density at radius 2 is 0.371 bits per heavy atom. The smallest absolute Gasteiger partial charge is 0.169 e. The molecule has 0 saturated heterocycles. The Hall–Kier alpha value is 4.02. The molecule has 0 heterocycles. The molecule has 0 aromatic rings. The van der Waals surface area contributed by atoms with Gasteiger partial charge in [-0.3, -0.25) is 0 Å². The quantitative estimate of drug-likeness (QED) is 0.136. The van der Waals surface area contributed by atoms with Crippen LogP contribution in [0.5, 0.6) is 0 Å². The normalized spacial score (nSPS) is 14.2. The molecule has 0 aliphatic carbocycles. The van der Waals surface area contributed by atoms with Gasteiger partial charge in [0.05, 0.1) is 0 Å². The van der Waals surface area contributed by atoms with Crippen LogP contribution in [0.4, 0.5) is 0 Å². The van der Waals surface area contributed by atoms with Crippen LogP contribution in [0.1, 0.15) is 0 Å². The molecule has 0 saturated carbocycles. The zero-order chi connectivity index (χ0) is 28.5. The van der Waals surface area contributed by atoms with Gasteiger partial charge >= 0.3 is 0 Å². The van der Waals surface area contributed by atoms with Gasteiger partial charge in [-0.1, -0.05) is 69.6 Å². The SMILES string of the molecule is O=P([O-])([O-])C(Cl)(Cl)P(=O)([O-])[O-].O=P([O-])([O-])C(Cl)(Cl)P(=O)([O-])[O-].O=P([O-])([O-])C(Cl)(Cl)P(=O)([O-])[O-].[Mo].[Mo]. The molecule has 0 bridgehead atoms. The fraction of sp³-hybridized carbons (Fsp3) is 1.00. The van der Waals surface area contributed by atoms with Gasteiger partial charge in [0, 0.05) is 42.1 Å². The first-order valence-corrected chi connectivity index (χ1v) is 17.3. The molecule has 18 nitrogen and oxygen atoms in total. The maximum atomic E-state index is 9.94. The third kappa shape index (κ3) is 14.7. The third-order valence-corrected chi connectivity index (χ3v) is 17.8. The summed E-state index contributed by atoms with van der Waals surface area (Å²) >= 11 is 26.9. The van der Waals surface area contributed by atoms with Gasteiger partial charge in [0.1, 0.15) is 0 Å². The van der Waals surface area contributed by atoms with Gasteiger partial charge in [-0.25, -0.2) is 0 Å². The molecule has 35 heavy (non-hydrogen) atoms. The summed E-state index contributed by atoms with van der Waals surface area (Å²) in [7, 11) is -35.1. The summed E-state index contributed by atoms with van der Waals surface area (Å²) in [6, 6.07) is 0. The topological polar surface area (TPSA) is 379 Å². The maximum absolute atomic E-state index is 9.94. The minimum Gasteiger partial charge on any atom is -0.808 e. The van der Waals surface area contributed by atoms with E-state index in [4.69, 9.17) is 0 Å². The van der Waals surface area contributed by atoms with Crippen LogP contribution in [0.25, 0.3) is 0 Å². The van der Waals surface area contributed by atoms with Gasteiger partial charge in [-0.2, -0.15) is 0 Å². The van der Waals surface area contributed by atoms with Crippen molar-refractivity contribution in [1.82, 2.24) is 0 Å². The first-order chi connectivity index (χ1) is 13.5. The summed E-state index contributed by atoms with van der Waals surface area (Å²) in [5.74, 6) is 0. The van der Waals surface area contributed by atoms with Crippen molar-refractivity contribution in [1.29, 1.82) is 0 Å². The van der Waals surface area contributed by atoms with Crippen LogP contribution in [0.3, 0.4) is 0 Å². The van der Waals surface area contributed by atoms with E-state index in [9.17, 15) is 86.1 Å². The Morgan fingerprint density at radius 1 is 0.314 bits per heavy atom. The molecule has 0 spiro atoms. The summed E-state index contributed by atoms with van der Waals surface area (Å²) in [4.78, 5) is 119. The molecule has 0 atom stereocenters. The average Bonchev–Trinajstić information content (AvgIpc) is 2.41. The molecule has 32 heteroatoms. The van der Waals surface area contributed by atoms with Crippen molar-refractivity contribution >= 4 is 115 Å². The van der Waals surface area contributed by atoms with Crippen molar-refractivity contribution in [2.75, 3.05) is 0 Å². The monoisotopic (exact) mass is 915 g/mol. The van der Waals surface area contributed by atoms with E-state index in [-0.39, 0.29) is 42.1 Å². The van der Waals surface area contributed by atoms with Crippen LogP contribution >= 0.6 is 115 Å². The summed E-state index contributed by atoms with van der Waals surface area (Å²) in [5.41, 5.74) is 0. The van der Waals surface area contributed by atoms with Crippen molar-refractivity contribution in [3.05, 3.63) is 0 Å². The standard InChI is InChI=1S/3CH4Cl2O6P2.2Mo/c3*2-1(3,10(4,5)6)11(7,8)9;;/h3*(H2,4,5,6)(H2,7,8,9);;/p-12. The Morgan fingerprint density at radius 3 is 0.371 bits per heavy atom. The van der Waals surface area contributed by atoms with Gasteiger partial charge < -0.3 is 86.1 Å². The Bertz CT molecular complexity index is 768. The predicted molar refractivity (Wildman–Crippen MR) is 88.9 cm³/mol. The second-order valence-electron chi connectivity index (χ2n) is 4.51. The summed E-state index contributed by atoms with van der Waals surface area (Å²) in [6.45, 7) is 0. The van der Waals surface area contributed by atoms with Crippen LogP contribution in [0.2, 0.25) is 0 Å². The summed E-state index contributed by atoms with van der Waals surface area (Å²) in [6.07, 6.45) is 0. The number of hydrogen-bond acceptors (Lipinski definition) is 18. The maximum Gasteiger partial charge on any atom is 0.169 e. The van der Waals surface area contributed by atoms with Gasteiger partial charge in [0.2, 0.25) is 0 Å². The van der Waals surface area contributed by atoms with Gasteiger partial charge in [-0.05, 0) is 45.6 Å². The average molecular weight is 914 g/mol. The fourth-order valence-corrected chi connectivity index (χ4v) is 4.05. The third-order valence-electron chi connectivity index (χ3n) is 1.98. The molecule has 0 N–H and O–H groups in total. The van der Waals surface area contributed by atoms with Crippen LogP contribution < -0.4 is 58.7 Å². The van der Waals surface area contributed by atoms with Gasteiger partial charge in [0.15, 0.2) is 11.4 Å². The molecule has 0 rings (SSSR count). The number of alkyl halides is 6. The molecule has 0 amide bonds. The largest absolute Gasteiger partial charge is 0.808 e. The van der Waals surface area contributed by atoms with E-state index < -0.39 is 57.0 Å². The van der Waals surface area contributed by atoms with Crippen LogP contribution in [0, 0.1) is 0 Å². The Balaban J connectivity index is -0.000000125. The van der Waals surface area contributed by atoms with Crippen molar-refractivity contribution in [2.24, 2.45) is 0 Å². The van der Waals surface area contributed by atoms with Gasteiger partial charge in [0.25, 0.3) is 0 Å². The van der Waals surface area contributed by atoms with E-state index in [2.05, 4.69) is 69.6 Å². The van der Waals surface area contributed by atoms with Crippen molar-refractivity contribution < 1.29 is 128 Å². The zero-order valence-electron chi connectivity index (χ0n) is 14.6. The van der Waals surface area contributed by atoms with E-state index in [0.717, 1.165) is 0 Å². The second kappa shape index (κ2) is 15.5. The molecule has 0 aromatic heterocycles. The Labute approximate surface area is 252 Å². The fourth-order valence-electron chi connectivity index (χ4n) is 0.450. The molecule has 0 unspecified atom stereocenters.